The summed E-state index contributed by atoms with van der Waals surface area (Å²) >= 11 is 0. The Morgan fingerprint density at radius 2 is 2.33 bits per heavy atom. The molecule has 1 aliphatic rings. The summed E-state index contributed by atoms with van der Waals surface area (Å²) in [6, 6.07) is 0. The van der Waals surface area contributed by atoms with Crippen molar-refractivity contribution in [3.8, 4) is 0 Å². The Morgan fingerprint density at radius 1 is 1.58 bits per heavy atom. The number of ether oxygens (including phenoxy) is 1. The molecule has 0 saturated heterocycles. The van der Waals surface area contributed by atoms with E-state index in [0.717, 1.165) is 19.3 Å². The largest absolute Gasteiger partial charge is 0.466 e. The SMILES string of the molecule is CCOC(=O)C[C@H]1CCC[C@@H]1O. The normalized spacial score (nSPS) is 28.8. The highest BCUT2D eigenvalue weighted by molar-refractivity contribution is 5.69. The van der Waals surface area contributed by atoms with Crippen molar-refractivity contribution < 1.29 is 14.6 Å². The lowest BCUT2D eigenvalue weighted by atomic mass is 10.0. The molecule has 0 unspecified atom stereocenters. The fourth-order valence-electron chi connectivity index (χ4n) is 1.69. The molecular weight excluding hydrogens is 156 g/mol. The molecule has 0 bridgehead atoms. The summed E-state index contributed by atoms with van der Waals surface area (Å²) in [5.74, 6) is -0.0347. The molecule has 0 heterocycles. The van der Waals surface area contributed by atoms with Gasteiger partial charge >= 0.3 is 5.97 Å². The van der Waals surface area contributed by atoms with E-state index in [4.69, 9.17) is 4.74 Å². The Hall–Kier alpha value is -0.570. The molecule has 0 amide bonds. The van der Waals surface area contributed by atoms with E-state index in [1.54, 1.807) is 6.92 Å². The first-order chi connectivity index (χ1) is 5.74. The first-order valence-electron chi connectivity index (χ1n) is 4.57. The number of carbonyl (C=O) groups excluding carboxylic acids is 1. The Balaban J connectivity index is 2.25. The third kappa shape index (κ3) is 2.48. The third-order valence-electron chi connectivity index (χ3n) is 2.35. The number of hydrogen-bond donors (Lipinski definition) is 1. The molecule has 0 radical (unpaired) electrons. The van der Waals surface area contributed by atoms with Crippen LogP contribution in [0.3, 0.4) is 0 Å². The average molecular weight is 172 g/mol. The molecule has 1 rings (SSSR count). The molecule has 0 aromatic carbocycles. The summed E-state index contributed by atoms with van der Waals surface area (Å²) in [7, 11) is 0. The zero-order valence-corrected chi connectivity index (χ0v) is 7.45. The van der Waals surface area contributed by atoms with Gasteiger partial charge in [0, 0.05) is 0 Å². The van der Waals surface area contributed by atoms with E-state index in [2.05, 4.69) is 0 Å². The minimum Gasteiger partial charge on any atom is -0.466 e. The Labute approximate surface area is 72.7 Å². The van der Waals surface area contributed by atoms with Crippen LogP contribution in [0.25, 0.3) is 0 Å². The van der Waals surface area contributed by atoms with Gasteiger partial charge in [-0.1, -0.05) is 6.42 Å². The maximum atomic E-state index is 11.0. The van der Waals surface area contributed by atoms with Crippen LogP contribution in [0.5, 0.6) is 0 Å². The van der Waals surface area contributed by atoms with Gasteiger partial charge in [0.1, 0.15) is 0 Å². The highest BCUT2D eigenvalue weighted by Gasteiger charge is 2.27. The Kier molecular flexibility index (Phi) is 3.53. The molecule has 0 aliphatic heterocycles. The summed E-state index contributed by atoms with van der Waals surface area (Å²) in [6.07, 6.45) is 2.93. The number of aliphatic hydroxyl groups excluding tert-OH is 1. The zero-order chi connectivity index (χ0) is 8.97. The molecule has 0 spiro atoms. The van der Waals surface area contributed by atoms with Crippen molar-refractivity contribution in [1.29, 1.82) is 0 Å². The molecule has 0 aromatic heterocycles. The summed E-state index contributed by atoms with van der Waals surface area (Å²) in [4.78, 5) is 11.0. The highest BCUT2D eigenvalue weighted by Crippen LogP contribution is 2.28. The van der Waals surface area contributed by atoms with Gasteiger partial charge in [0.15, 0.2) is 0 Å². The van der Waals surface area contributed by atoms with E-state index in [9.17, 15) is 9.90 Å². The number of rotatable bonds is 3. The molecule has 3 nitrogen and oxygen atoms in total. The second-order valence-corrected chi connectivity index (χ2v) is 3.27. The van der Waals surface area contributed by atoms with Gasteiger partial charge in [-0.15, -0.1) is 0 Å². The van der Waals surface area contributed by atoms with Crippen molar-refractivity contribution in [2.45, 2.75) is 38.7 Å². The lowest BCUT2D eigenvalue weighted by Crippen LogP contribution is -2.18. The molecule has 70 valence electrons. The maximum absolute atomic E-state index is 11.0. The molecule has 0 aromatic rings. The molecule has 2 atom stereocenters. The molecule has 1 N–H and O–H groups in total. The monoisotopic (exact) mass is 172 g/mol. The number of hydrogen-bond acceptors (Lipinski definition) is 3. The van der Waals surface area contributed by atoms with E-state index < -0.39 is 0 Å². The predicted molar refractivity (Wildman–Crippen MR) is 44.6 cm³/mol. The van der Waals surface area contributed by atoms with Crippen LogP contribution >= 0.6 is 0 Å². The smallest absolute Gasteiger partial charge is 0.306 e. The number of aliphatic hydroxyl groups is 1. The minimum atomic E-state index is -0.283. The van der Waals surface area contributed by atoms with Crippen LogP contribution < -0.4 is 0 Å². The quantitative estimate of drug-likeness (QED) is 0.648. The van der Waals surface area contributed by atoms with Gasteiger partial charge in [0.2, 0.25) is 0 Å². The van der Waals surface area contributed by atoms with Gasteiger partial charge in [0.05, 0.1) is 19.1 Å². The molecular formula is C9H16O3. The van der Waals surface area contributed by atoms with Crippen LogP contribution in [0.1, 0.15) is 32.6 Å². The van der Waals surface area contributed by atoms with Crippen molar-refractivity contribution in [3.05, 3.63) is 0 Å². The van der Waals surface area contributed by atoms with Crippen LogP contribution in [0.4, 0.5) is 0 Å². The van der Waals surface area contributed by atoms with Crippen LogP contribution in [0.2, 0.25) is 0 Å². The van der Waals surface area contributed by atoms with E-state index in [-0.39, 0.29) is 18.0 Å². The topological polar surface area (TPSA) is 46.5 Å². The van der Waals surface area contributed by atoms with Crippen molar-refractivity contribution in [2.75, 3.05) is 6.61 Å². The van der Waals surface area contributed by atoms with Crippen LogP contribution in [0, 0.1) is 5.92 Å². The summed E-state index contributed by atoms with van der Waals surface area (Å²) < 4.78 is 4.80. The Morgan fingerprint density at radius 3 is 2.83 bits per heavy atom. The molecule has 1 fully saturated rings. The third-order valence-corrected chi connectivity index (χ3v) is 2.35. The van der Waals surface area contributed by atoms with Crippen molar-refractivity contribution >= 4 is 5.97 Å². The molecule has 1 aliphatic carbocycles. The lowest BCUT2D eigenvalue weighted by Gasteiger charge is -2.12. The van der Waals surface area contributed by atoms with Gasteiger partial charge in [0.25, 0.3) is 0 Å². The van der Waals surface area contributed by atoms with Crippen molar-refractivity contribution in [2.24, 2.45) is 5.92 Å². The molecule has 3 heteroatoms. The van der Waals surface area contributed by atoms with Crippen LogP contribution in [-0.2, 0) is 9.53 Å². The van der Waals surface area contributed by atoms with E-state index >= 15 is 0 Å². The summed E-state index contributed by atoms with van der Waals surface area (Å²) in [5.41, 5.74) is 0. The maximum Gasteiger partial charge on any atom is 0.306 e. The van der Waals surface area contributed by atoms with Crippen molar-refractivity contribution in [1.82, 2.24) is 0 Å². The summed E-state index contributed by atoms with van der Waals surface area (Å²) in [5, 5.41) is 9.40. The second-order valence-electron chi connectivity index (χ2n) is 3.27. The number of esters is 1. The van der Waals surface area contributed by atoms with Crippen molar-refractivity contribution in [3.63, 3.8) is 0 Å². The second kappa shape index (κ2) is 4.45. The Bertz CT molecular complexity index is 156. The van der Waals surface area contributed by atoms with Gasteiger partial charge in [-0.25, -0.2) is 0 Å². The zero-order valence-electron chi connectivity index (χ0n) is 7.45. The van der Waals surface area contributed by atoms with Gasteiger partial charge < -0.3 is 9.84 Å². The average Bonchev–Trinajstić information content (AvgIpc) is 2.37. The molecule has 12 heavy (non-hydrogen) atoms. The minimum absolute atomic E-state index is 0.143. The predicted octanol–water partition coefficient (Wildman–Crippen LogP) is 1.10. The van der Waals surface area contributed by atoms with Gasteiger partial charge in [-0.2, -0.15) is 0 Å². The highest BCUT2D eigenvalue weighted by atomic mass is 16.5. The van der Waals surface area contributed by atoms with E-state index in [1.165, 1.54) is 0 Å². The first-order valence-corrected chi connectivity index (χ1v) is 4.57. The fourth-order valence-corrected chi connectivity index (χ4v) is 1.69. The van der Waals surface area contributed by atoms with E-state index in [0.29, 0.717) is 13.0 Å². The summed E-state index contributed by atoms with van der Waals surface area (Å²) in [6.45, 7) is 2.23. The van der Waals surface area contributed by atoms with Crippen LogP contribution in [0.15, 0.2) is 0 Å². The lowest BCUT2D eigenvalue weighted by molar-refractivity contribution is -0.145. The van der Waals surface area contributed by atoms with Crippen LogP contribution in [-0.4, -0.2) is 23.8 Å². The first kappa shape index (κ1) is 9.52. The standard InChI is InChI=1S/C9H16O3/c1-2-12-9(11)6-7-4-3-5-8(7)10/h7-8,10H,2-6H2,1H3/t7-,8+/m1/s1. The fraction of sp³-hybridized carbons (Fsp3) is 0.889. The van der Waals surface area contributed by atoms with Gasteiger partial charge in [-0.05, 0) is 25.7 Å². The number of carbonyl (C=O) groups is 1. The van der Waals surface area contributed by atoms with Gasteiger partial charge in [-0.3, -0.25) is 4.79 Å². The molecule has 1 saturated carbocycles. The van der Waals surface area contributed by atoms with E-state index in [1.807, 2.05) is 0 Å².